The number of pyridine rings is 1. The average Bonchev–Trinajstić information content (AvgIpc) is 3.00. The van der Waals surface area contributed by atoms with E-state index >= 15 is 0 Å². The van der Waals surface area contributed by atoms with Crippen LogP contribution in [0.1, 0.15) is 12.8 Å². The molecule has 1 aliphatic carbocycles. The van der Waals surface area contributed by atoms with Gasteiger partial charge in [-0.1, -0.05) is 23.4 Å². The summed E-state index contributed by atoms with van der Waals surface area (Å²) in [6.45, 7) is 0. The summed E-state index contributed by atoms with van der Waals surface area (Å²) < 4.78 is 0. The number of nitrogens with zero attached hydrogens (tertiary/aromatic N) is 1. The summed E-state index contributed by atoms with van der Waals surface area (Å²) in [6, 6.07) is 3.96. The lowest BCUT2D eigenvalue weighted by molar-refractivity contribution is -0.118. The van der Waals surface area contributed by atoms with Gasteiger partial charge in [0.05, 0.1) is 10.8 Å². The van der Waals surface area contributed by atoms with E-state index in [-0.39, 0.29) is 5.91 Å². The maximum Gasteiger partial charge on any atom is 0.230 e. The molecule has 0 spiro atoms. The molecule has 1 fully saturated rings. The van der Waals surface area contributed by atoms with Crippen molar-refractivity contribution in [3.05, 3.63) is 23.4 Å². The Balaban J connectivity index is 1.81. The van der Waals surface area contributed by atoms with Gasteiger partial charge in [-0.15, -0.1) is 0 Å². The number of rotatable bonds is 4. The Morgan fingerprint density at radius 3 is 3.13 bits per heavy atom. The van der Waals surface area contributed by atoms with Crippen LogP contribution in [-0.2, 0) is 4.79 Å². The second-order valence-electron chi connectivity index (χ2n) is 3.42. The average molecular weight is 243 g/mol. The highest BCUT2D eigenvalue weighted by atomic mass is 35.5. The molecule has 2 rings (SSSR count). The largest absolute Gasteiger partial charge is 0.353 e. The summed E-state index contributed by atoms with van der Waals surface area (Å²) in [5.41, 5.74) is 0. The number of aromatic nitrogens is 1. The summed E-state index contributed by atoms with van der Waals surface area (Å²) >= 11 is 7.28. The third-order valence-electron chi connectivity index (χ3n) is 2.01. The molecule has 1 N–H and O–H groups in total. The highest BCUT2D eigenvalue weighted by Crippen LogP contribution is 2.24. The lowest BCUT2D eigenvalue weighted by Gasteiger charge is -2.03. The zero-order chi connectivity index (χ0) is 10.7. The van der Waals surface area contributed by atoms with Crippen LogP contribution in [-0.4, -0.2) is 22.7 Å². The van der Waals surface area contributed by atoms with Crippen molar-refractivity contribution in [2.75, 3.05) is 5.75 Å². The molecule has 1 aromatic rings. The van der Waals surface area contributed by atoms with Gasteiger partial charge in [-0.05, 0) is 25.0 Å². The topological polar surface area (TPSA) is 42.0 Å². The van der Waals surface area contributed by atoms with Crippen LogP contribution in [0.5, 0.6) is 0 Å². The molecule has 1 saturated carbocycles. The minimum Gasteiger partial charge on any atom is -0.353 e. The van der Waals surface area contributed by atoms with Crippen molar-refractivity contribution in [3.63, 3.8) is 0 Å². The molecule has 0 bridgehead atoms. The summed E-state index contributed by atoms with van der Waals surface area (Å²) in [4.78, 5) is 15.5. The Hall–Kier alpha value is -0.740. The first-order valence-electron chi connectivity index (χ1n) is 4.78. The molecule has 0 radical (unpaired) electrons. The van der Waals surface area contributed by atoms with Crippen LogP contribution in [0.3, 0.4) is 0 Å². The number of thioether (sulfide) groups is 1. The van der Waals surface area contributed by atoms with E-state index in [2.05, 4.69) is 10.3 Å². The molecule has 3 nitrogen and oxygen atoms in total. The molecule has 1 amide bonds. The summed E-state index contributed by atoms with van der Waals surface area (Å²) in [7, 11) is 0. The van der Waals surface area contributed by atoms with Gasteiger partial charge in [0.15, 0.2) is 0 Å². The third kappa shape index (κ3) is 3.39. The standard InChI is InChI=1S/C10H11ClN2OS/c11-8-2-1-5-12-10(8)15-6-9(14)13-7-3-4-7/h1-2,5,7H,3-4,6H2,(H,13,14). The van der Waals surface area contributed by atoms with E-state index in [0.717, 1.165) is 12.8 Å². The molecular weight excluding hydrogens is 232 g/mol. The lowest BCUT2D eigenvalue weighted by Crippen LogP contribution is -2.27. The van der Waals surface area contributed by atoms with Crippen molar-refractivity contribution in [3.8, 4) is 0 Å². The van der Waals surface area contributed by atoms with Crippen LogP contribution in [0.25, 0.3) is 0 Å². The Kier molecular flexibility index (Phi) is 3.49. The first kappa shape index (κ1) is 10.8. The fourth-order valence-corrected chi connectivity index (χ4v) is 2.09. The van der Waals surface area contributed by atoms with Gasteiger partial charge in [0.25, 0.3) is 0 Å². The van der Waals surface area contributed by atoms with Gasteiger partial charge in [0, 0.05) is 12.2 Å². The van der Waals surface area contributed by atoms with Crippen LogP contribution in [0.15, 0.2) is 23.4 Å². The molecule has 1 aliphatic rings. The van der Waals surface area contributed by atoms with Crippen LogP contribution in [0, 0.1) is 0 Å². The number of hydrogen-bond acceptors (Lipinski definition) is 3. The summed E-state index contributed by atoms with van der Waals surface area (Å²) in [6.07, 6.45) is 3.90. The molecule has 0 aliphatic heterocycles. The first-order valence-corrected chi connectivity index (χ1v) is 6.15. The number of nitrogens with one attached hydrogen (secondary N) is 1. The van der Waals surface area contributed by atoms with E-state index < -0.39 is 0 Å². The van der Waals surface area contributed by atoms with Crippen molar-refractivity contribution in [1.29, 1.82) is 0 Å². The van der Waals surface area contributed by atoms with Crippen LogP contribution in [0.2, 0.25) is 5.02 Å². The molecule has 80 valence electrons. The van der Waals surface area contributed by atoms with Gasteiger partial charge in [0.2, 0.25) is 5.91 Å². The van der Waals surface area contributed by atoms with Crippen molar-refractivity contribution < 1.29 is 4.79 Å². The van der Waals surface area contributed by atoms with E-state index in [4.69, 9.17) is 11.6 Å². The number of hydrogen-bond donors (Lipinski definition) is 1. The molecule has 0 aromatic carbocycles. The van der Waals surface area contributed by atoms with Crippen molar-refractivity contribution in [2.45, 2.75) is 23.9 Å². The third-order valence-corrected chi connectivity index (χ3v) is 3.43. The van der Waals surface area contributed by atoms with Gasteiger partial charge < -0.3 is 5.32 Å². The van der Waals surface area contributed by atoms with E-state index in [0.29, 0.717) is 21.8 Å². The van der Waals surface area contributed by atoms with Crippen LogP contribution >= 0.6 is 23.4 Å². The van der Waals surface area contributed by atoms with Crippen molar-refractivity contribution >= 4 is 29.3 Å². The van der Waals surface area contributed by atoms with E-state index in [9.17, 15) is 4.79 Å². The fourth-order valence-electron chi connectivity index (χ4n) is 1.11. The number of carbonyl (C=O) groups is 1. The Morgan fingerprint density at radius 2 is 2.47 bits per heavy atom. The van der Waals surface area contributed by atoms with Gasteiger partial charge in [-0.3, -0.25) is 4.79 Å². The Morgan fingerprint density at radius 1 is 1.67 bits per heavy atom. The van der Waals surface area contributed by atoms with Crippen LogP contribution in [0.4, 0.5) is 0 Å². The van der Waals surface area contributed by atoms with Gasteiger partial charge in [-0.2, -0.15) is 0 Å². The molecule has 15 heavy (non-hydrogen) atoms. The highest BCUT2D eigenvalue weighted by molar-refractivity contribution is 8.00. The second kappa shape index (κ2) is 4.86. The maximum absolute atomic E-state index is 11.4. The molecule has 1 heterocycles. The Bertz CT molecular complexity index is 368. The SMILES string of the molecule is O=C(CSc1ncccc1Cl)NC1CC1. The predicted octanol–water partition coefficient (Wildman–Crippen LogP) is 2.11. The number of carbonyl (C=O) groups excluding carboxylic acids is 1. The smallest absolute Gasteiger partial charge is 0.230 e. The minimum atomic E-state index is 0.0595. The van der Waals surface area contributed by atoms with E-state index in [1.54, 1.807) is 18.3 Å². The lowest BCUT2D eigenvalue weighted by atomic mass is 10.5. The van der Waals surface area contributed by atoms with Crippen molar-refractivity contribution in [1.82, 2.24) is 10.3 Å². The molecular formula is C10H11ClN2OS. The zero-order valence-corrected chi connectivity index (χ0v) is 9.64. The quantitative estimate of drug-likeness (QED) is 0.823. The molecule has 0 unspecified atom stereocenters. The molecule has 5 heteroatoms. The van der Waals surface area contributed by atoms with E-state index in [1.165, 1.54) is 11.8 Å². The highest BCUT2D eigenvalue weighted by Gasteiger charge is 2.23. The first-order chi connectivity index (χ1) is 7.25. The minimum absolute atomic E-state index is 0.0595. The Labute approximate surface area is 97.6 Å². The maximum atomic E-state index is 11.4. The monoisotopic (exact) mass is 242 g/mol. The second-order valence-corrected chi connectivity index (χ2v) is 4.79. The molecule has 1 aromatic heterocycles. The van der Waals surface area contributed by atoms with Gasteiger partial charge in [-0.25, -0.2) is 4.98 Å². The number of amides is 1. The number of halogens is 1. The summed E-state index contributed by atoms with van der Waals surface area (Å²) in [5, 5.41) is 4.22. The van der Waals surface area contributed by atoms with Crippen molar-refractivity contribution in [2.24, 2.45) is 0 Å². The van der Waals surface area contributed by atoms with Crippen LogP contribution < -0.4 is 5.32 Å². The normalized spacial score (nSPS) is 15.0. The fraction of sp³-hybridized carbons (Fsp3) is 0.400. The zero-order valence-electron chi connectivity index (χ0n) is 8.07. The predicted molar refractivity (Wildman–Crippen MR) is 61.1 cm³/mol. The molecule has 0 atom stereocenters. The van der Waals surface area contributed by atoms with Gasteiger partial charge in [0.1, 0.15) is 5.03 Å². The van der Waals surface area contributed by atoms with E-state index in [1.807, 2.05) is 0 Å². The molecule has 0 saturated heterocycles. The summed E-state index contributed by atoms with van der Waals surface area (Å²) in [5.74, 6) is 0.442. The van der Waals surface area contributed by atoms with Gasteiger partial charge >= 0.3 is 0 Å².